The first kappa shape index (κ1) is 4.97. The molecule has 2 atom stereocenters. The second-order valence-electron chi connectivity index (χ2n) is 2.59. The number of nitrogens with zero attached hydrogens (tertiary/aromatic N) is 2. The van der Waals surface area contributed by atoms with Crippen molar-refractivity contribution < 1.29 is 4.79 Å². The van der Waals surface area contributed by atoms with E-state index in [-0.39, 0.29) is 11.9 Å². The number of fused-ring (bicyclic) bond motifs is 1. The number of rotatable bonds is 0. The number of carbonyl (C=O) groups is 1. The molecule has 1 amide bonds. The molecule has 3 heteroatoms. The molecule has 2 aliphatic rings. The van der Waals surface area contributed by atoms with Gasteiger partial charge < -0.3 is 4.90 Å². The summed E-state index contributed by atoms with van der Waals surface area (Å²) in [6.07, 6.45) is 0. The molecule has 2 rings (SSSR count). The SMILES string of the molecule is CC1=NC(=O)[C@H]2[C@H](C)N12. The molecule has 0 unspecified atom stereocenters. The summed E-state index contributed by atoms with van der Waals surface area (Å²) in [5.74, 6) is 0.928. The standard InChI is InChI=1S/C6H8N2O/c1-3-5-6(9)7-4(2)8(3)5/h3,5H,1-2H3/t3-,5+,8?/m0/s1. The maximum atomic E-state index is 10.8. The predicted molar refractivity (Wildman–Crippen MR) is 33.2 cm³/mol. The molecule has 1 fully saturated rings. The third-order valence-corrected chi connectivity index (χ3v) is 2.00. The fraction of sp³-hybridized carbons (Fsp3) is 0.667. The minimum Gasteiger partial charge on any atom is -0.341 e. The van der Waals surface area contributed by atoms with Crippen molar-refractivity contribution in [1.29, 1.82) is 0 Å². The van der Waals surface area contributed by atoms with Crippen molar-refractivity contribution in [2.75, 3.05) is 0 Å². The van der Waals surface area contributed by atoms with Gasteiger partial charge in [0.25, 0.3) is 5.91 Å². The largest absolute Gasteiger partial charge is 0.341 e. The Morgan fingerprint density at radius 2 is 2.33 bits per heavy atom. The molecule has 3 nitrogen and oxygen atoms in total. The molecule has 0 aromatic rings. The minimum absolute atomic E-state index is 0.0417. The Balaban J connectivity index is 2.33. The van der Waals surface area contributed by atoms with E-state index in [9.17, 15) is 4.79 Å². The Morgan fingerprint density at radius 1 is 1.67 bits per heavy atom. The van der Waals surface area contributed by atoms with E-state index in [1.807, 2.05) is 18.7 Å². The van der Waals surface area contributed by atoms with E-state index in [1.165, 1.54) is 0 Å². The van der Waals surface area contributed by atoms with Crippen LogP contribution < -0.4 is 0 Å². The molecule has 0 radical (unpaired) electrons. The van der Waals surface area contributed by atoms with Crippen LogP contribution in [0.3, 0.4) is 0 Å². The number of aliphatic imine (C=N–C) groups is 1. The molecule has 0 aromatic carbocycles. The highest BCUT2D eigenvalue weighted by molar-refractivity contribution is 6.07. The van der Waals surface area contributed by atoms with Crippen molar-refractivity contribution in [3.8, 4) is 0 Å². The lowest BCUT2D eigenvalue weighted by Gasteiger charge is -1.93. The van der Waals surface area contributed by atoms with Crippen molar-refractivity contribution in [3.63, 3.8) is 0 Å². The van der Waals surface area contributed by atoms with Gasteiger partial charge in [-0.2, -0.15) is 4.99 Å². The molecule has 0 bridgehead atoms. The number of amides is 1. The van der Waals surface area contributed by atoms with Crippen molar-refractivity contribution >= 4 is 11.7 Å². The Bertz CT molecular complexity index is 209. The topological polar surface area (TPSA) is 32.4 Å². The van der Waals surface area contributed by atoms with Gasteiger partial charge in [-0.05, 0) is 13.8 Å². The first-order valence-corrected chi connectivity index (χ1v) is 3.09. The first-order chi connectivity index (χ1) is 4.22. The monoisotopic (exact) mass is 124 g/mol. The summed E-state index contributed by atoms with van der Waals surface area (Å²) >= 11 is 0. The van der Waals surface area contributed by atoms with Crippen LogP contribution in [0.2, 0.25) is 0 Å². The van der Waals surface area contributed by atoms with E-state index < -0.39 is 0 Å². The molecule has 0 spiro atoms. The van der Waals surface area contributed by atoms with Crippen molar-refractivity contribution in [1.82, 2.24) is 4.90 Å². The minimum atomic E-state index is 0.0417. The lowest BCUT2D eigenvalue weighted by molar-refractivity contribution is -0.117. The lowest BCUT2D eigenvalue weighted by Crippen LogP contribution is -2.05. The molecular formula is C6H8N2O. The molecule has 2 heterocycles. The van der Waals surface area contributed by atoms with Crippen LogP contribution >= 0.6 is 0 Å². The highest BCUT2D eigenvalue weighted by atomic mass is 16.2. The van der Waals surface area contributed by atoms with E-state index in [2.05, 4.69) is 4.99 Å². The van der Waals surface area contributed by atoms with Gasteiger partial charge in [-0.25, -0.2) is 0 Å². The summed E-state index contributed by atoms with van der Waals surface area (Å²) in [7, 11) is 0. The van der Waals surface area contributed by atoms with Crippen LogP contribution in [-0.4, -0.2) is 28.7 Å². The van der Waals surface area contributed by atoms with Gasteiger partial charge in [-0.15, -0.1) is 0 Å². The molecule has 1 saturated heterocycles. The van der Waals surface area contributed by atoms with Crippen LogP contribution in [-0.2, 0) is 4.79 Å². The Hall–Kier alpha value is -0.860. The zero-order valence-electron chi connectivity index (χ0n) is 5.46. The summed E-state index contributed by atoms with van der Waals surface area (Å²) in [6, 6.07) is 0.542. The zero-order valence-corrected chi connectivity index (χ0v) is 5.46. The normalized spacial score (nSPS) is 38.7. The maximum absolute atomic E-state index is 10.8. The van der Waals surface area contributed by atoms with Crippen molar-refractivity contribution in [3.05, 3.63) is 0 Å². The fourth-order valence-corrected chi connectivity index (χ4v) is 1.45. The number of hydrogen-bond donors (Lipinski definition) is 0. The smallest absolute Gasteiger partial charge is 0.272 e. The molecule has 2 aliphatic heterocycles. The lowest BCUT2D eigenvalue weighted by atomic mass is 10.3. The summed E-state index contributed by atoms with van der Waals surface area (Å²) in [5.41, 5.74) is 0. The van der Waals surface area contributed by atoms with Crippen LogP contribution in [0.5, 0.6) is 0 Å². The third kappa shape index (κ3) is 0.422. The Morgan fingerprint density at radius 3 is 2.56 bits per heavy atom. The second kappa shape index (κ2) is 1.17. The van der Waals surface area contributed by atoms with Gasteiger partial charge in [0.1, 0.15) is 11.9 Å². The van der Waals surface area contributed by atoms with E-state index in [1.54, 1.807) is 0 Å². The quantitative estimate of drug-likeness (QED) is 0.426. The van der Waals surface area contributed by atoms with Gasteiger partial charge >= 0.3 is 0 Å². The third-order valence-electron chi connectivity index (χ3n) is 2.00. The fourth-order valence-electron chi connectivity index (χ4n) is 1.45. The van der Waals surface area contributed by atoms with Crippen LogP contribution in [0.25, 0.3) is 0 Å². The summed E-state index contributed by atoms with van der Waals surface area (Å²) in [6.45, 7) is 3.92. The summed E-state index contributed by atoms with van der Waals surface area (Å²) < 4.78 is 0. The van der Waals surface area contributed by atoms with Gasteiger partial charge in [0.2, 0.25) is 0 Å². The van der Waals surface area contributed by atoms with Crippen LogP contribution in [0.4, 0.5) is 0 Å². The van der Waals surface area contributed by atoms with Gasteiger partial charge in [0.05, 0.1) is 6.04 Å². The maximum Gasteiger partial charge on any atom is 0.272 e. The zero-order chi connectivity index (χ0) is 6.59. The van der Waals surface area contributed by atoms with E-state index in [0.717, 1.165) is 5.84 Å². The first-order valence-electron chi connectivity index (χ1n) is 3.09. The molecule has 9 heavy (non-hydrogen) atoms. The van der Waals surface area contributed by atoms with Crippen molar-refractivity contribution in [2.45, 2.75) is 25.9 Å². The second-order valence-corrected chi connectivity index (χ2v) is 2.59. The van der Waals surface area contributed by atoms with Crippen LogP contribution in [0, 0.1) is 0 Å². The average Bonchev–Trinajstić information content (AvgIpc) is 2.30. The number of amidine groups is 1. The van der Waals surface area contributed by atoms with Crippen molar-refractivity contribution in [2.24, 2.45) is 4.99 Å². The predicted octanol–water partition coefficient (Wildman–Crippen LogP) is 0.0177. The van der Waals surface area contributed by atoms with E-state index >= 15 is 0 Å². The van der Waals surface area contributed by atoms with Crippen LogP contribution in [0.15, 0.2) is 4.99 Å². The van der Waals surface area contributed by atoms with Gasteiger partial charge in [0.15, 0.2) is 0 Å². The van der Waals surface area contributed by atoms with Gasteiger partial charge in [0, 0.05) is 0 Å². The number of hydrogen-bond acceptors (Lipinski definition) is 2. The molecule has 48 valence electrons. The Kier molecular flexibility index (Phi) is 0.648. The molecule has 0 N–H and O–H groups in total. The molecule has 0 saturated carbocycles. The summed E-state index contributed by atoms with van der Waals surface area (Å²) in [4.78, 5) is 16.6. The molecule has 0 aromatic heterocycles. The van der Waals surface area contributed by atoms with E-state index in [4.69, 9.17) is 0 Å². The number of carbonyl (C=O) groups excluding carboxylic acids is 1. The summed E-state index contributed by atoms with van der Waals surface area (Å²) in [5, 5.41) is 0. The highest BCUT2D eigenvalue weighted by Crippen LogP contribution is 2.33. The van der Waals surface area contributed by atoms with E-state index in [0.29, 0.717) is 6.04 Å². The van der Waals surface area contributed by atoms with Gasteiger partial charge in [-0.3, -0.25) is 4.79 Å². The Labute approximate surface area is 53.4 Å². The molecular weight excluding hydrogens is 116 g/mol. The average molecular weight is 124 g/mol. The highest BCUT2D eigenvalue weighted by Gasteiger charge is 2.54. The van der Waals surface area contributed by atoms with Crippen LogP contribution in [0.1, 0.15) is 13.8 Å². The van der Waals surface area contributed by atoms with Gasteiger partial charge in [-0.1, -0.05) is 0 Å². The molecule has 0 aliphatic carbocycles.